The van der Waals surface area contributed by atoms with Gasteiger partial charge >= 0.3 is 0 Å². The average molecular weight is 262 g/mol. The van der Waals surface area contributed by atoms with Crippen LogP contribution in [0.4, 0.5) is 0 Å². The number of hydrogen-bond donors (Lipinski definition) is 0. The summed E-state index contributed by atoms with van der Waals surface area (Å²) in [5, 5.41) is 0. The fourth-order valence-electron chi connectivity index (χ4n) is 1.81. The van der Waals surface area contributed by atoms with Crippen molar-refractivity contribution in [1.82, 2.24) is 4.90 Å². The van der Waals surface area contributed by atoms with Crippen molar-refractivity contribution < 1.29 is 9.59 Å². The van der Waals surface area contributed by atoms with Gasteiger partial charge in [-0.3, -0.25) is 9.59 Å². The number of rotatable bonds is 5. The highest BCUT2D eigenvalue weighted by Crippen LogP contribution is 2.17. The molecular formula is C10H16BrNO2. The van der Waals surface area contributed by atoms with E-state index in [0.717, 1.165) is 19.6 Å². The minimum Gasteiger partial charge on any atom is -0.303 e. The predicted molar refractivity (Wildman–Crippen MR) is 58.6 cm³/mol. The maximum absolute atomic E-state index is 11.1. The third kappa shape index (κ3) is 3.17. The van der Waals surface area contributed by atoms with Crippen molar-refractivity contribution in [2.45, 2.75) is 24.6 Å². The summed E-state index contributed by atoms with van der Waals surface area (Å²) in [7, 11) is 0. The van der Waals surface area contributed by atoms with Gasteiger partial charge in [0.25, 0.3) is 0 Å². The smallest absolute Gasteiger partial charge is 0.209 e. The SMILES string of the molecule is CC(CN1CCCC1)C(Br)C(=O)C=O. The van der Waals surface area contributed by atoms with Crippen LogP contribution >= 0.6 is 15.9 Å². The Hall–Kier alpha value is -0.220. The van der Waals surface area contributed by atoms with Crippen LogP contribution in [-0.2, 0) is 9.59 Å². The van der Waals surface area contributed by atoms with Gasteiger partial charge in [-0.1, -0.05) is 22.9 Å². The molecule has 2 atom stereocenters. The van der Waals surface area contributed by atoms with Gasteiger partial charge in [0.05, 0.1) is 4.83 Å². The molecule has 0 aromatic rings. The fourth-order valence-corrected chi connectivity index (χ4v) is 2.09. The molecule has 0 spiro atoms. The lowest BCUT2D eigenvalue weighted by atomic mass is 10.0. The van der Waals surface area contributed by atoms with Crippen LogP contribution in [-0.4, -0.2) is 41.4 Å². The lowest BCUT2D eigenvalue weighted by molar-refractivity contribution is -0.129. The van der Waals surface area contributed by atoms with Gasteiger partial charge in [0.1, 0.15) is 0 Å². The molecule has 1 rings (SSSR count). The molecule has 3 nitrogen and oxygen atoms in total. The lowest BCUT2D eigenvalue weighted by Gasteiger charge is -2.22. The van der Waals surface area contributed by atoms with Crippen LogP contribution in [0.15, 0.2) is 0 Å². The Bertz CT molecular complexity index is 214. The molecule has 0 aliphatic carbocycles. The summed E-state index contributed by atoms with van der Waals surface area (Å²) in [6.45, 7) is 5.15. The minimum absolute atomic E-state index is 0.200. The van der Waals surface area contributed by atoms with E-state index >= 15 is 0 Å². The van der Waals surface area contributed by atoms with Gasteiger partial charge in [0.2, 0.25) is 5.78 Å². The normalized spacial score (nSPS) is 21.9. The van der Waals surface area contributed by atoms with E-state index in [1.165, 1.54) is 12.8 Å². The van der Waals surface area contributed by atoms with Crippen molar-refractivity contribution in [2.24, 2.45) is 5.92 Å². The molecule has 80 valence electrons. The number of hydrogen-bond acceptors (Lipinski definition) is 3. The number of carbonyl (C=O) groups is 2. The van der Waals surface area contributed by atoms with E-state index in [9.17, 15) is 9.59 Å². The Balaban J connectivity index is 2.35. The second kappa shape index (κ2) is 5.61. The molecule has 1 saturated heterocycles. The first kappa shape index (κ1) is 11.9. The highest BCUT2D eigenvalue weighted by molar-refractivity contribution is 9.10. The highest BCUT2D eigenvalue weighted by Gasteiger charge is 2.24. The Morgan fingerprint density at radius 1 is 1.50 bits per heavy atom. The zero-order valence-corrected chi connectivity index (χ0v) is 10.00. The Labute approximate surface area is 93.0 Å². The van der Waals surface area contributed by atoms with Gasteiger partial charge in [0.15, 0.2) is 6.29 Å². The maximum atomic E-state index is 11.1. The van der Waals surface area contributed by atoms with Gasteiger partial charge in [-0.15, -0.1) is 0 Å². The zero-order valence-electron chi connectivity index (χ0n) is 8.41. The van der Waals surface area contributed by atoms with Crippen LogP contribution in [0.25, 0.3) is 0 Å². The first-order valence-corrected chi connectivity index (χ1v) is 5.92. The summed E-state index contributed by atoms with van der Waals surface area (Å²) in [5.41, 5.74) is 0. The van der Waals surface area contributed by atoms with Crippen LogP contribution < -0.4 is 0 Å². The van der Waals surface area contributed by atoms with Crippen LogP contribution in [0.2, 0.25) is 0 Å². The van der Waals surface area contributed by atoms with E-state index in [-0.39, 0.29) is 16.5 Å². The number of nitrogens with zero attached hydrogens (tertiary/aromatic N) is 1. The number of carbonyl (C=O) groups excluding carboxylic acids is 2. The lowest BCUT2D eigenvalue weighted by Crippen LogP contribution is -2.33. The molecule has 1 heterocycles. The molecular weight excluding hydrogens is 246 g/mol. The van der Waals surface area contributed by atoms with Crippen molar-refractivity contribution in [3.05, 3.63) is 0 Å². The number of likely N-dealkylation sites (tertiary alicyclic amines) is 1. The van der Waals surface area contributed by atoms with Crippen molar-refractivity contribution in [3.8, 4) is 0 Å². The number of halogens is 1. The van der Waals surface area contributed by atoms with Crippen LogP contribution in [0.5, 0.6) is 0 Å². The molecule has 1 aliphatic heterocycles. The van der Waals surface area contributed by atoms with Crippen LogP contribution in [0.3, 0.4) is 0 Å². The monoisotopic (exact) mass is 261 g/mol. The van der Waals surface area contributed by atoms with E-state index < -0.39 is 0 Å². The fraction of sp³-hybridized carbons (Fsp3) is 0.800. The second-order valence-electron chi connectivity index (χ2n) is 3.91. The van der Waals surface area contributed by atoms with E-state index in [1.54, 1.807) is 0 Å². The van der Waals surface area contributed by atoms with Crippen molar-refractivity contribution >= 4 is 28.0 Å². The predicted octanol–water partition coefficient (Wildman–Crippen LogP) is 1.25. The largest absolute Gasteiger partial charge is 0.303 e. The summed E-state index contributed by atoms with van der Waals surface area (Å²) < 4.78 is 0. The van der Waals surface area contributed by atoms with Crippen molar-refractivity contribution in [1.29, 1.82) is 0 Å². The summed E-state index contributed by atoms with van der Waals surface area (Å²) >= 11 is 3.27. The van der Waals surface area contributed by atoms with E-state index in [2.05, 4.69) is 20.8 Å². The van der Waals surface area contributed by atoms with Gasteiger partial charge in [-0.2, -0.15) is 0 Å². The quantitative estimate of drug-likeness (QED) is 0.425. The molecule has 4 heteroatoms. The van der Waals surface area contributed by atoms with Crippen LogP contribution in [0.1, 0.15) is 19.8 Å². The molecule has 1 fully saturated rings. The van der Waals surface area contributed by atoms with E-state index in [0.29, 0.717) is 6.29 Å². The van der Waals surface area contributed by atoms with E-state index in [4.69, 9.17) is 0 Å². The zero-order chi connectivity index (χ0) is 10.6. The third-order valence-corrected chi connectivity index (χ3v) is 3.99. The molecule has 0 radical (unpaired) electrons. The van der Waals surface area contributed by atoms with Gasteiger partial charge in [-0.05, 0) is 31.8 Å². The third-order valence-electron chi connectivity index (χ3n) is 2.63. The molecule has 1 aliphatic rings. The first-order valence-electron chi connectivity index (χ1n) is 5.00. The number of aldehydes is 1. The summed E-state index contributed by atoms with van der Waals surface area (Å²) in [6.07, 6.45) is 2.91. The topological polar surface area (TPSA) is 37.4 Å². The van der Waals surface area contributed by atoms with E-state index in [1.807, 2.05) is 6.92 Å². The summed E-state index contributed by atoms with van der Waals surface area (Å²) in [5.74, 6) is -0.150. The first-order chi connectivity index (χ1) is 6.65. The molecule has 0 aromatic heterocycles. The summed E-state index contributed by atoms with van der Waals surface area (Å²) in [6, 6.07) is 0. The number of alkyl halides is 1. The Kier molecular flexibility index (Phi) is 4.75. The molecule has 0 bridgehead atoms. The molecule has 0 aromatic carbocycles. The summed E-state index contributed by atoms with van der Waals surface area (Å²) in [4.78, 5) is 23.4. The van der Waals surface area contributed by atoms with Gasteiger partial charge in [0, 0.05) is 6.54 Å². The average Bonchev–Trinajstić information content (AvgIpc) is 2.68. The maximum Gasteiger partial charge on any atom is 0.209 e. The van der Waals surface area contributed by atoms with Crippen molar-refractivity contribution in [2.75, 3.05) is 19.6 Å². The Morgan fingerprint density at radius 2 is 2.07 bits per heavy atom. The van der Waals surface area contributed by atoms with Gasteiger partial charge in [-0.25, -0.2) is 0 Å². The number of ketones is 1. The molecule has 2 unspecified atom stereocenters. The molecule has 0 amide bonds. The van der Waals surface area contributed by atoms with Gasteiger partial charge < -0.3 is 4.90 Å². The molecule has 14 heavy (non-hydrogen) atoms. The second-order valence-corrected chi connectivity index (χ2v) is 4.89. The number of Topliss-reactive ketones (excluding diaryl/α,β-unsaturated/α-hetero) is 1. The molecule has 0 N–H and O–H groups in total. The van der Waals surface area contributed by atoms with Crippen LogP contribution in [0, 0.1) is 5.92 Å². The minimum atomic E-state index is -0.350. The van der Waals surface area contributed by atoms with Crippen molar-refractivity contribution in [3.63, 3.8) is 0 Å². The Morgan fingerprint density at radius 3 is 2.57 bits per heavy atom. The molecule has 0 saturated carbocycles. The standard InChI is InChI=1S/C10H16BrNO2/c1-8(10(11)9(14)7-13)6-12-4-2-3-5-12/h7-8,10H,2-6H2,1H3. The highest BCUT2D eigenvalue weighted by atomic mass is 79.9.